The van der Waals surface area contributed by atoms with Crippen molar-refractivity contribution < 1.29 is 27.9 Å². The molecule has 6 nitrogen and oxygen atoms in total. The Labute approximate surface area is 161 Å². The summed E-state index contributed by atoms with van der Waals surface area (Å²) in [5.74, 6) is -1.78. The van der Waals surface area contributed by atoms with Crippen molar-refractivity contribution in [2.45, 2.75) is 20.5 Å². The lowest BCUT2D eigenvalue weighted by Gasteiger charge is -2.07. The Morgan fingerprint density at radius 1 is 1.18 bits per heavy atom. The van der Waals surface area contributed by atoms with Gasteiger partial charge in [0.2, 0.25) is 5.76 Å². The van der Waals surface area contributed by atoms with E-state index in [9.17, 15) is 14.0 Å². The number of carbonyl (C=O) groups is 2. The molecule has 3 rings (SSSR count). The standard InChI is InChI=1S/C21H20FNO5/c1-3-26-11-16-15-6-4-5-7-18(15)28-20(16)21(25)27-12-19(24)23-14-9-8-13(2)17(22)10-14/h4-10H,3,11-12H2,1-2H3,(H,23,24). The summed E-state index contributed by atoms with van der Waals surface area (Å²) in [5.41, 5.74) is 1.85. The van der Waals surface area contributed by atoms with Crippen LogP contribution in [0, 0.1) is 12.7 Å². The topological polar surface area (TPSA) is 77.8 Å². The molecule has 0 atom stereocenters. The van der Waals surface area contributed by atoms with Crippen LogP contribution in [-0.2, 0) is 20.9 Å². The fourth-order valence-corrected chi connectivity index (χ4v) is 2.68. The maximum atomic E-state index is 13.6. The molecular formula is C21H20FNO5. The predicted octanol–water partition coefficient (Wildman–Crippen LogP) is 4.21. The molecule has 0 aliphatic rings. The first kappa shape index (κ1) is 19.6. The van der Waals surface area contributed by atoms with Gasteiger partial charge >= 0.3 is 5.97 Å². The lowest BCUT2D eigenvalue weighted by atomic mass is 10.1. The van der Waals surface area contributed by atoms with Gasteiger partial charge in [0.15, 0.2) is 6.61 Å². The number of furan rings is 1. The molecule has 0 fully saturated rings. The van der Waals surface area contributed by atoms with Crippen molar-refractivity contribution in [2.75, 3.05) is 18.5 Å². The van der Waals surface area contributed by atoms with Crippen molar-refractivity contribution >= 4 is 28.5 Å². The number of aryl methyl sites for hydroxylation is 1. The number of esters is 1. The molecule has 146 valence electrons. The average molecular weight is 385 g/mol. The number of ether oxygens (including phenoxy) is 2. The van der Waals surface area contributed by atoms with Gasteiger partial charge in [0.05, 0.1) is 6.61 Å². The minimum atomic E-state index is -0.767. The second-order valence-electron chi connectivity index (χ2n) is 6.13. The van der Waals surface area contributed by atoms with Crippen LogP contribution >= 0.6 is 0 Å². The number of rotatable bonds is 7. The monoisotopic (exact) mass is 385 g/mol. The molecule has 0 unspecified atom stereocenters. The molecule has 0 aliphatic carbocycles. The summed E-state index contributed by atoms with van der Waals surface area (Å²) < 4.78 is 29.6. The predicted molar refractivity (Wildman–Crippen MR) is 102 cm³/mol. The summed E-state index contributed by atoms with van der Waals surface area (Å²) in [7, 11) is 0. The fraction of sp³-hybridized carbons (Fsp3) is 0.238. The summed E-state index contributed by atoms with van der Waals surface area (Å²) in [6.07, 6.45) is 0. The lowest BCUT2D eigenvalue weighted by Crippen LogP contribution is -2.21. The molecule has 3 aromatic rings. The van der Waals surface area contributed by atoms with Crippen molar-refractivity contribution in [1.82, 2.24) is 0 Å². The van der Waals surface area contributed by atoms with Gasteiger partial charge in [-0.05, 0) is 37.6 Å². The molecule has 0 saturated carbocycles. The van der Waals surface area contributed by atoms with E-state index >= 15 is 0 Å². The van der Waals surface area contributed by atoms with Crippen molar-refractivity contribution in [1.29, 1.82) is 0 Å². The fourth-order valence-electron chi connectivity index (χ4n) is 2.68. The molecule has 1 heterocycles. The summed E-state index contributed by atoms with van der Waals surface area (Å²) in [4.78, 5) is 24.4. The molecule has 2 aromatic carbocycles. The first-order valence-corrected chi connectivity index (χ1v) is 8.81. The molecule has 7 heteroatoms. The van der Waals surface area contributed by atoms with Gasteiger partial charge in [-0.1, -0.05) is 24.3 Å². The Balaban J connectivity index is 1.68. The average Bonchev–Trinajstić information content (AvgIpc) is 3.06. The third-order valence-corrected chi connectivity index (χ3v) is 4.12. The Kier molecular flexibility index (Phi) is 6.06. The Bertz CT molecular complexity index is 1010. The molecule has 0 radical (unpaired) electrons. The second-order valence-corrected chi connectivity index (χ2v) is 6.13. The number of nitrogens with one attached hydrogen (secondary N) is 1. The summed E-state index contributed by atoms with van der Waals surface area (Å²) in [5, 5.41) is 3.23. The van der Waals surface area contributed by atoms with Crippen LogP contribution in [0.4, 0.5) is 10.1 Å². The van der Waals surface area contributed by atoms with E-state index in [-0.39, 0.29) is 18.1 Å². The normalized spacial score (nSPS) is 10.8. The van der Waals surface area contributed by atoms with E-state index in [4.69, 9.17) is 13.9 Å². The van der Waals surface area contributed by atoms with E-state index in [2.05, 4.69) is 5.32 Å². The van der Waals surface area contributed by atoms with E-state index in [1.165, 1.54) is 6.07 Å². The van der Waals surface area contributed by atoms with Crippen LogP contribution in [0.1, 0.15) is 28.6 Å². The van der Waals surface area contributed by atoms with Crippen LogP contribution in [0.2, 0.25) is 0 Å². The van der Waals surface area contributed by atoms with E-state index < -0.39 is 24.3 Å². The van der Waals surface area contributed by atoms with Gasteiger partial charge in [-0.25, -0.2) is 9.18 Å². The van der Waals surface area contributed by atoms with Gasteiger partial charge in [-0.2, -0.15) is 0 Å². The number of hydrogen-bond donors (Lipinski definition) is 1. The highest BCUT2D eigenvalue weighted by atomic mass is 19.1. The van der Waals surface area contributed by atoms with Crippen molar-refractivity contribution in [3.8, 4) is 0 Å². The third kappa shape index (κ3) is 4.37. The van der Waals surface area contributed by atoms with Crippen molar-refractivity contribution in [3.63, 3.8) is 0 Å². The number of amides is 1. The number of fused-ring (bicyclic) bond motifs is 1. The molecule has 0 saturated heterocycles. The maximum absolute atomic E-state index is 13.6. The number of anilines is 1. The highest BCUT2D eigenvalue weighted by molar-refractivity contribution is 5.98. The first-order valence-electron chi connectivity index (χ1n) is 8.81. The number of hydrogen-bond acceptors (Lipinski definition) is 5. The Morgan fingerprint density at radius 2 is 1.96 bits per heavy atom. The van der Waals surface area contributed by atoms with E-state index in [1.54, 1.807) is 31.2 Å². The van der Waals surface area contributed by atoms with Crippen LogP contribution in [0.25, 0.3) is 11.0 Å². The number of benzene rings is 2. The molecule has 0 aliphatic heterocycles. The van der Waals surface area contributed by atoms with E-state index in [0.29, 0.717) is 23.3 Å². The zero-order valence-electron chi connectivity index (χ0n) is 15.6. The Morgan fingerprint density at radius 3 is 2.71 bits per heavy atom. The smallest absolute Gasteiger partial charge is 0.375 e. The van der Waals surface area contributed by atoms with Crippen molar-refractivity contribution in [2.24, 2.45) is 0 Å². The number of halogens is 1. The highest BCUT2D eigenvalue weighted by Crippen LogP contribution is 2.27. The molecular weight excluding hydrogens is 365 g/mol. The maximum Gasteiger partial charge on any atom is 0.375 e. The SMILES string of the molecule is CCOCc1c(C(=O)OCC(=O)Nc2ccc(C)c(F)c2)oc2ccccc12. The van der Waals surface area contributed by atoms with E-state index in [1.807, 2.05) is 19.1 Å². The van der Waals surface area contributed by atoms with E-state index in [0.717, 1.165) is 5.39 Å². The van der Waals surface area contributed by atoms with Crippen LogP contribution < -0.4 is 5.32 Å². The van der Waals surface area contributed by atoms with Crippen LogP contribution in [-0.4, -0.2) is 25.1 Å². The van der Waals surface area contributed by atoms with Gasteiger partial charge in [-0.3, -0.25) is 4.79 Å². The third-order valence-electron chi connectivity index (χ3n) is 4.12. The quantitative estimate of drug-likeness (QED) is 0.617. The van der Waals surface area contributed by atoms with Crippen molar-refractivity contribution in [3.05, 3.63) is 65.2 Å². The van der Waals surface area contributed by atoms with Crippen LogP contribution in [0.3, 0.4) is 0 Å². The molecule has 28 heavy (non-hydrogen) atoms. The molecule has 1 amide bonds. The van der Waals surface area contributed by atoms with Crippen LogP contribution in [0.15, 0.2) is 46.9 Å². The zero-order valence-corrected chi connectivity index (χ0v) is 15.6. The summed E-state index contributed by atoms with van der Waals surface area (Å²) in [6.45, 7) is 3.60. The van der Waals surface area contributed by atoms with Gasteiger partial charge in [-0.15, -0.1) is 0 Å². The van der Waals surface area contributed by atoms with Gasteiger partial charge in [0, 0.05) is 23.2 Å². The minimum absolute atomic E-state index is 0.00355. The Hall–Kier alpha value is -3.19. The molecule has 1 N–H and O–H groups in total. The van der Waals surface area contributed by atoms with Gasteiger partial charge in [0.25, 0.3) is 5.91 Å². The summed E-state index contributed by atoms with van der Waals surface area (Å²) >= 11 is 0. The zero-order chi connectivity index (χ0) is 20.1. The van der Waals surface area contributed by atoms with Gasteiger partial charge in [0.1, 0.15) is 11.4 Å². The van der Waals surface area contributed by atoms with Gasteiger partial charge < -0.3 is 19.2 Å². The minimum Gasteiger partial charge on any atom is -0.450 e. The highest BCUT2D eigenvalue weighted by Gasteiger charge is 2.22. The largest absolute Gasteiger partial charge is 0.450 e. The first-order chi connectivity index (χ1) is 13.5. The van der Waals surface area contributed by atoms with Crippen LogP contribution in [0.5, 0.6) is 0 Å². The number of carbonyl (C=O) groups excluding carboxylic acids is 2. The summed E-state index contributed by atoms with van der Waals surface area (Å²) in [6, 6.07) is 11.5. The molecule has 1 aromatic heterocycles. The lowest BCUT2D eigenvalue weighted by molar-refractivity contribution is -0.119. The second kappa shape index (κ2) is 8.67. The molecule has 0 bridgehead atoms. The molecule has 0 spiro atoms. The number of para-hydroxylation sites is 1.